The molecular formula is C12H25NO2. The van der Waals surface area contributed by atoms with Gasteiger partial charge in [-0.1, -0.05) is 13.8 Å². The van der Waals surface area contributed by atoms with Crippen LogP contribution in [-0.4, -0.2) is 43.5 Å². The second-order valence-corrected chi connectivity index (χ2v) is 3.93. The third kappa shape index (κ3) is 6.63. The topological polar surface area (TPSA) is 29.5 Å². The van der Waals surface area contributed by atoms with E-state index in [-0.39, 0.29) is 0 Å². The lowest BCUT2D eigenvalue weighted by atomic mass is 10.1. The molecule has 3 nitrogen and oxygen atoms in total. The number of rotatable bonds is 9. The molecule has 0 aromatic rings. The number of hydrogen-bond acceptors (Lipinski definition) is 3. The monoisotopic (exact) mass is 215 g/mol. The van der Waals surface area contributed by atoms with Gasteiger partial charge in [-0.25, -0.2) is 0 Å². The summed E-state index contributed by atoms with van der Waals surface area (Å²) in [5.41, 5.74) is 0. The van der Waals surface area contributed by atoms with E-state index >= 15 is 0 Å². The van der Waals surface area contributed by atoms with Crippen LogP contribution in [0.4, 0.5) is 0 Å². The van der Waals surface area contributed by atoms with Crippen LogP contribution in [0.5, 0.6) is 0 Å². The Morgan fingerprint density at radius 1 is 1.40 bits per heavy atom. The summed E-state index contributed by atoms with van der Waals surface area (Å²) in [5.74, 6) is 0.366. The van der Waals surface area contributed by atoms with Gasteiger partial charge < -0.3 is 4.74 Å². The zero-order valence-corrected chi connectivity index (χ0v) is 10.6. The average Bonchev–Trinajstić information content (AvgIpc) is 2.24. The van der Waals surface area contributed by atoms with Crippen LogP contribution < -0.4 is 0 Å². The molecule has 0 aromatic heterocycles. The van der Waals surface area contributed by atoms with Crippen LogP contribution in [0.15, 0.2) is 0 Å². The summed E-state index contributed by atoms with van der Waals surface area (Å²) in [6.07, 6.45) is 2.35. The number of ketones is 1. The highest BCUT2D eigenvalue weighted by Crippen LogP contribution is 2.03. The predicted molar refractivity (Wildman–Crippen MR) is 63.1 cm³/mol. The molecule has 0 saturated heterocycles. The van der Waals surface area contributed by atoms with Crippen LogP contribution in [0.1, 0.15) is 40.0 Å². The van der Waals surface area contributed by atoms with Gasteiger partial charge in [-0.3, -0.25) is 9.69 Å². The van der Waals surface area contributed by atoms with Crippen LogP contribution in [-0.2, 0) is 9.53 Å². The summed E-state index contributed by atoms with van der Waals surface area (Å²) in [5, 5.41) is 0. The highest BCUT2D eigenvalue weighted by molar-refractivity contribution is 5.77. The molecule has 0 aliphatic rings. The smallest absolute Gasteiger partial charge is 0.132 e. The molecule has 0 radical (unpaired) electrons. The largest absolute Gasteiger partial charge is 0.383 e. The van der Waals surface area contributed by atoms with Crippen molar-refractivity contribution in [2.75, 3.05) is 26.8 Å². The van der Waals surface area contributed by atoms with Crippen LogP contribution in [0.3, 0.4) is 0 Å². The van der Waals surface area contributed by atoms with E-state index in [2.05, 4.69) is 18.7 Å². The SMILES string of the molecule is CCC(=O)CCCN(CC)C(C)COC. The molecule has 0 bridgehead atoms. The number of likely N-dealkylation sites (N-methyl/N-ethyl adjacent to an activating group) is 1. The van der Waals surface area contributed by atoms with Crippen molar-refractivity contribution < 1.29 is 9.53 Å². The zero-order valence-electron chi connectivity index (χ0n) is 10.6. The molecule has 0 amide bonds. The number of carbonyl (C=O) groups is 1. The first-order valence-electron chi connectivity index (χ1n) is 5.90. The summed E-state index contributed by atoms with van der Waals surface area (Å²) in [7, 11) is 1.73. The molecule has 0 spiro atoms. The van der Waals surface area contributed by atoms with Crippen LogP contribution in [0.25, 0.3) is 0 Å². The Balaban J connectivity index is 3.74. The van der Waals surface area contributed by atoms with E-state index in [1.165, 1.54) is 0 Å². The number of hydrogen-bond donors (Lipinski definition) is 0. The molecule has 0 saturated carbocycles. The summed E-state index contributed by atoms with van der Waals surface area (Å²) < 4.78 is 5.13. The summed E-state index contributed by atoms with van der Waals surface area (Å²) in [6, 6.07) is 0.441. The van der Waals surface area contributed by atoms with Crippen molar-refractivity contribution in [3.8, 4) is 0 Å². The molecule has 0 aromatic carbocycles. The van der Waals surface area contributed by atoms with Crippen molar-refractivity contribution in [3.63, 3.8) is 0 Å². The van der Waals surface area contributed by atoms with Gasteiger partial charge in [0.15, 0.2) is 0 Å². The first kappa shape index (κ1) is 14.6. The standard InChI is InChI=1S/C12H25NO2/c1-5-12(14)8-7-9-13(6-2)11(3)10-15-4/h11H,5-10H2,1-4H3. The van der Waals surface area contributed by atoms with Crippen LogP contribution in [0.2, 0.25) is 0 Å². The van der Waals surface area contributed by atoms with E-state index in [9.17, 15) is 4.79 Å². The fraction of sp³-hybridized carbons (Fsp3) is 0.917. The van der Waals surface area contributed by atoms with Gasteiger partial charge in [-0.15, -0.1) is 0 Å². The number of methoxy groups -OCH3 is 1. The highest BCUT2D eigenvalue weighted by Gasteiger charge is 2.11. The molecular weight excluding hydrogens is 190 g/mol. The molecule has 0 fully saturated rings. The predicted octanol–water partition coefficient (Wildman–Crippen LogP) is 2.10. The van der Waals surface area contributed by atoms with E-state index in [4.69, 9.17) is 4.74 Å². The van der Waals surface area contributed by atoms with E-state index in [0.717, 1.165) is 26.1 Å². The van der Waals surface area contributed by atoms with E-state index in [1.54, 1.807) is 7.11 Å². The Hall–Kier alpha value is -0.410. The zero-order chi connectivity index (χ0) is 11.7. The number of carbonyl (C=O) groups excluding carboxylic acids is 1. The van der Waals surface area contributed by atoms with E-state index < -0.39 is 0 Å². The van der Waals surface area contributed by atoms with Gasteiger partial charge in [0.2, 0.25) is 0 Å². The van der Waals surface area contributed by atoms with E-state index in [0.29, 0.717) is 24.7 Å². The number of Topliss-reactive ketones (excluding diaryl/α,β-unsaturated/α-hetero) is 1. The summed E-state index contributed by atoms with van der Waals surface area (Å²) in [4.78, 5) is 13.5. The van der Waals surface area contributed by atoms with Gasteiger partial charge in [-0.2, -0.15) is 0 Å². The van der Waals surface area contributed by atoms with E-state index in [1.807, 2.05) is 6.92 Å². The Bertz CT molecular complexity index is 171. The maximum atomic E-state index is 11.1. The first-order chi connectivity index (χ1) is 7.15. The lowest BCUT2D eigenvalue weighted by molar-refractivity contribution is -0.118. The lowest BCUT2D eigenvalue weighted by Crippen LogP contribution is -2.36. The minimum Gasteiger partial charge on any atom is -0.383 e. The number of nitrogens with zero attached hydrogens (tertiary/aromatic N) is 1. The number of ether oxygens (including phenoxy) is 1. The maximum Gasteiger partial charge on any atom is 0.132 e. The Labute approximate surface area is 93.8 Å². The third-order valence-electron chi connectivity index (χ3n) is 2.73. The second kappa shape index (κ2) is 8.86. The second-order valence-electron chi connectivity index (χ2n) is 3.93. The minimum atomic E-state index is 0.366. The van der Waals surface area contributed by atoms with Gasteiger partial charge >= 0.3 is 0 Å². The van der Waals surface area contributed by atoms with Gasteiger partial charge in [0.1, 0.15) is 5.78 Å². The fourth-order valence-electron chi connectivity index (χ4n) is 1.69. The van der Waals surface area contributed by atoms with Gasteiger partial charge in [-0.05, 0) is 26.4 Å². The highest BCUT2D eigenvalue weighted by atomic mass is 16.5. The molecule has 0 aliphatic heterocycles. The molecule has 0 N–H and O–H groups in total. The molecule has 3 heteroatoms. The molecule has 15 heavy (non-hydrogen) atoms. The van der Waals surface area contributed by atoms with Crippen molar-refractivity contribution in [1.29, 1.82) is 0 Å². The molecule has 1 atom stereocenters. The quantitative estimate of drug-likeness (QED) is 0.590. The molecule has 0 heterocycles. The molecule has 1 unspecified atom stereocenters. The normalized spacial score (nSPS) is 13.1. The average molecular weight is 215 g/mol. The summed E-state index contributed by atoms with van der Waals surface area (Å²) >= 11 is 0. The van der Waals surface area contributed by atoms with Gasteiger partial charge in [0.05, 0.1) is 6.61 Å². The third-order valence-corrected chi connectivity index (χ3v) is 2.73. The molecule has 0 aliphatic carbocycles. The van der Waals surface area contributed by atoms with Crippen molar-refractivity contribution in [2.24, 2.45) is 0 Å². The molecule has 90 valence electrons. The summed E-state index contributed by atoms with van der Waals surface area (Å²) in [6.45, 7) is 9.00. The van der Waals surface area contributed by atoms with Crippen LogP contribution >= 0.6 is 0 Å². The van der Waals surface area contributed by atoms with Crippen molar-refractivity contribution in [3.05, 3.63) is 0 Å². The fourth-order valence-corrected chi connectivity index (χ4v) is 1.69. The maximum absolute atomic E-state index is 11.1. The Kier molecular flexibility index (Phi) is 8.62. The molecule has 0 rings (SSSR count). The van der Waals surface area contributed by atoms with Crippen LogP contribution in [0, 0.1) is 0 Å². The van der Waals surface area contributed by atoms with Crippen molar-refractivity contribution >= 4 is 5.78 Å². The van der Waals surface area contributed by atoms with Crippen molar-refractivity contribution in [2.45, 2.75) is 46.1 Å². The first-order valence-corrected chi connectivity index (χ1v) is 5.90. The van der Waals surface area contributed by atoms with Gasteiger partial charge in [0, 0.05) is 26.0 Å². The van der Waals surface area contributed by atoms with Gasteiger partial charge in [0.25, 0.3) is 0 Å². The Morgan fingerprint density at radius 2 is 2.07 bits per heavy atom. The Morgan fingerprint density at radius 3 is 2.53 bits per heavy atom. The minimum absolute atomic E-state index is 0.366. The lowest BCUT2D eigenvalue weighted by Gasteiger charge is -2.27. The van der Waals surface area contributed by atoms with Crippen molar-refractivity contribution in [1.82, 2.24) is 4.90 Å².